The zero-order valence-electron chi connectivity index (χ0n) is 5.97. The second kappa shape index (κ2) is 47.5. The van der Waals surface area contributed by atoms with Crippen LogP contribution in [0.4, 0.5) is 0 Å². The van der Waals surface area contributed by atoms with Gasteiger partial charge in [-0.1, -0.05) is 0 Å². The van der Waals surface area contributed by atoms with E-state index in [4.69, 9.17) is 30.9 Å². The molecule has 0 bridgehead atoms. The van der Waals surface area contributed by atoms with Gasteiger partial charge in [0.1, 0.15) is 0 Å². The predicted molar refractivity (Wildman–Crippen MR) is 35.6 cm³/mol. The van der Waals surface area contributed by atoms with E-state index in [2.05, 4.69) is 0 Å². The van der Waals surface area contributed by atoms with Crippen molar-refractivity contribution < 1.29 is 49.5 Å². The summed E-state index contributed by atoms with van der Waals surface area (Å²) >= 11 is 0. The van der Waals surface area contributed by atoms with Crippen LogP contribution in [0.3, 0.4) is 0 Å². The maximum Gasteiger partial charge on any atom is 0 e. The minimum absolute atomic E-state index is 0. The van der Waals surface area contributed by atoms with E-state index in [1.165, 1.54) is 0 Å². The van der Waals surface area contributed by atoms with Crippen LogP contribution in [0, 0.1) is 0 Å². The fraction of sp³-hybridized carbons (Fsp3) is 0. The average molecular weight is 231 g/mol. The molecule has 9 nitrogen and oxygen atoms in total. The van der Waals surface area contributed by atoms with Crippen molar-refractivity contribution in [3.05, 3.63) is 0 Å². The predicted octanol–water partition coefficient (Wildman–Crippen LogP) is -0.486. The maximum atomic E-state index is 7.21. The molecule has 0 aromatic carbocycles. The first-order valence-electron chi connectivity index (χ1n) is 1.94. The first kappa shape index (κ1) is 22.5. The fourth-order valence-electron chi connectivity index (χ4n) is 0. The number of hydrogen-bond donors (Lipinski definition) is 6. The van der Waals surface area contributed by atoms with E-state index >= 15 is 0 Å². The summed E-state index contributed by atoms with van der Waals surface area (Å²) in [5.41, 5.74) is 0. The van der Waals surface area contributed by atoms with Gasteiger partial charge in [0.25, 0.3) is 0 Å². The topological polar surface area (TPSA) is 158 Å². The molecule has 0 aliphatic rings. The van der Waals surface area contributed by atoms with Gasteiger partial charge in [0.2, 0.25) is 0 Å². The van der Waals surface area contributed by atoms with Crippen molar-refractivity contribution >= 4 is 19.2 Å². The van der Waals surface area contributed by atoms with E-state index in [1.807, 2.05) is 15.5 Å². The van der Waals surface area contributed by atoms with E-state index in [0.29, 0.717) is 0 Å². The summed E-state index contributed by atoms with van der Waals surface area (Å²) in [4.78, 5) is 0. The molecule has 0 saturated heterocycles. The van der Waals surface area contributed by atoms with Crippen molar-refractivity contribution in [3.8, 4) is 0 Å². The van der Waals surface area contributed by atoms with Crippen molar-refractivity contribution in [1.82, 2.24) is 0 Å². The summed E-state index contributed by atoms with van der Waals surface area (Å²) in [6, 6.07) is 0. The first-order chi connectivity index (χ1) is 5.74. The van der Waals surface area contributed by atoms with Gasteiger partial charge in [-0.25, -0.2) is 0 Å². The Balaban J connectivity index is -0.0000000450. The molecule has 77 valence electrons. The molecule has 0 rings (SSSR count). The number of nitrogens with zero attached hydrogens (tertiary/aromatic N) is 3. The smallest absolute Gasteiger partial charge is 0 e. The van der Waals surface area contributed by atoms with Crippen molar-refractivity contribution in [2.24, 2.45) is 15.5 Å². The molecular weight excluding hydrogens is 225 g/mol. The largest absolute Gasteiger partial charge is 0.683 e. The summed E-state index contributed by atoms with van der Waals surface area (Å²) in [7, 11) is 0. The molecule has 0 fully saturated rings. The summed E-state index contributed by atoms with van der Waals surface area (Å²) in [6.07, 6.45) is 3.33. The molecule has 0 saturated carbocycles. The molecule has 0 unspecified atom stereocenters. The number of aliphatic hydroxyl groups is 3. The van der Waals surface area contributed by atoms with Gasteiger partial charge >= 0.3 is 0 Å². The Labute approximate surface area is 84.8 Å². The normalized spacial score (nSPS) is 8.31. The van der Waals surface area contributed by atoms with Gasteiger partial charge in [-0.15, -0.1) is 0 Å². The summed E-state index contributed by atoms with van der Waals surface area (Å²) in [5.74, 6) is 0. The van der Waals surface area contributed by atoms with Gasteiger partial charge in [-0.2, -0.15) is 19.2 Å². The Hall–Kier alpha value is -1.61. The van der Waals surface area contributed by atoms with Crippen LogP contribution in [0.25, 0.3) is 0 Å². The Morgan fingerprint density at radius 1 is 0.615 bits per heavy atom. The van der Waals surface area contributed by atoms with E-state index < -0.39 is 0 Å². The second-order valence-corrected chi connectivity index (χ2v) is 0.600. The standard InChI is InChI=1S/3CH2NO2.V/c3*3-1-2-4;/h3*4H,(H,2,3);/q3*-1;. The van der Waals surface area contributed by atoms with Gasteiger partial charge < -0.3 is 30.9 Å². The molecule has 0 aliphatic carbocycles. The van der Waals surface area contributed by atoms with E-state index in [1.54, 1.807) is 0 Å². The molecule has 0 spiro atoms. The summed E-state index contributed by atoms with van der Waals surface area (Å²) < 4.78 is 0. The van der Waals surface area contributed by atoms with Crippen LogP contribution in [0.1, 0.15) is 0 Å². The Bertz CT molecular complexity index is 92.5. The molecule has 0 amide bonds. The Morgan fingerprint density at radius 2 is 0.692 bits per heavy atom. The number of hydrogen-bond acceptors (Lipinski definition) is 6. The van der Waals surface area contributed by atoms with E-state index in [0.717, 1.165) is 19.2 Å². The molecule has 1 radical (unpaired) electrons. The van der Waals surface area contributed by atoms with Crippen LogP contribution in [0.15, 0.2) is 15.5 Å². The molecule has 0 aliphatic heterocycles. The molecule has 10 heteroatoms. The molecule has 0 aromatic heterocycles. The molecular formula is C3H6N3O6V-3. The van der Waals surface area contributed by atoms with Crippen LogP contribution in [0.2, 0.25) is 0 Å². The van der Waals surface area contributed by atoms with Crippen molar-refractivity contribution in [2.75, 3.05) is 0 Å². The van der Waals surface area contributed by atoms with E-state index in [9.17, 15) is 0 Å². The first-order valence-corrected chi connectivity index (χ1v) is 1.94. The summed E-state index contributed by atoms with van der Waals surface area (Å²) in [6.45, 7) is 0. The third kappa shape index (κ3) is 377. The van der Waals surface area contributed by atoms with Gasteiger partial charge in [-0.05, 0) is 0 Å². The quantitative estimate of drug-likeness (QED) is 0.108. The van der Waals surface area contributed by atoms with Crippen LogP contribution in [-0.4, -0.2) is 50.1 Å². The van der Waals surface area contributed by atoms with Crippen LogP contribution < -0.4 is 0 Å². The van der Waals surface area contributed by atoms with Gasteiger partial charge in [0.05, 0.1) is 0 Å². The number of rotatable bonds is 0. The number of aliphatic hydroxyl groups excluding tert-OH is 3. The minimum atomic E-state index is 0. The zero-order valence-corrected chi connectivity index (χ0v) is 7.37. The van der Waals surface area contributed by atoms with Crippen molar-refractivity contribution in [3.63, 3.8) is 0 Å². The molecule has 13 heavy (non-hydrogen) atoms. The monoisotopic (exact) mass is 231 g/mol. The van der Waals surface area contributed by atoms with Crippen molar-refractivity contribution in [1.29, 1.82) is 0 Å². The average Bonchev–Trinajstić information content (AvgIpc) is 2.18. The van der Waals surface area contributed by atoms with Crippen LogP contribution in [-0.2, 0) is 18.6 Å². The fourth-order valence-corrected chi connectivity index (χ4v) is 0. The molecule has 6 N–H and O–H groups in total. The van der Waals surface area contributed by atoms with Crippen LogP contribution >= 0.6 is 0 Å². The van der Waals surface area contributed by atoms with Gasteiger partial charge in [-0.3, -0.25) is 15.5 Å². The van der Waals surface area contributed by atoms with E-state index in [-0.39, 0.29) is 18.6 Å². The molecule has 0 aromatic rings. The third-order valence-corrected chi connectivity index (χ3v) is 0.134. The Morgan fingerprint density at radius 3 is 0.692 bits per heavy atom. The molecule has 0 atom stereocenters. The minimum Gasteiger partial charge on any atom is -0.683 e. The van der Waals surface area contributed by atoms with Gasteiger partial charge in [0.15, 0.2) is 0 Å². The summed E-state index contributed by atoms with van der Waals surface area (Å²) in [5, 5.41) is 49.2. The van der Waals surface area contributed by atoms with Crippen LogP contribution in [0.5, 0.6) is 0 Å². The van der Waals surface area contributed by atoms with Crippen molar-refractivity contribution in [2.45, 2.75) is 0 Å². The van der Waals surface area contributed by atoms with Gasteiger partial charge in [0, 0.05) is 18.6 Å². The maximum absolute atomic E-state index is 7.21. The zero-order chi connectivity index (χ0) is 10.2. The SMILES string of the molecule is O[C-]=NO.O[C-]=NO.O[C-]=NO.[V]. The third-order valence-electron chi connectivity index (χ3n) is 0.134. The Kier molecular flexibility index (Phi) is 82.3. The molecule has 0 heterocycles. The second-order valence-electron chi connectivity index (χ2n) is 0.600.